The highest BCUT2D eigenvalue weighted by Crippen LogP contribution is 1.97. The van der Waals surface area contributed by atoms with Gasteiger partial charge in [0.15, 0.2) is 0 Å². The van der Waals surface area contributed by atoms with Crippen LogP contribution in [-0.2, 0) is 4.74 Å². The molecular weight excluding hydrogens is 178 g/mol. The molecule has 0 heterocycles. The van der Waals surface area contributed by atoms with Crippen molar-refractivity contribution in [3.05, 3.63) is 0 Å². The second-order valence-electron chi connectivity index (χ2n) is 2.69. The average molecular weight is 203 g/mol. The van der Waals surface area contributed by atoms with E-state index in [1.54, 1.807) is 4.90 Å². The lowest BCUT2D eigenvalue weighted by Crippen LogP contribution is -2.32. The maximum Gasteiger partial charge on any atom is 0.409 e. The molecule has 0 radical (unpaired) electrons. The Morgan fingerprint density at radius 3 is 1.79 bits per heavy atom. The van der Waals surface area contributed by atoms with Crippen molar-refractivity contribution in [3.63, 3.8) is 0 Å². The van der Waals surface area contributed by atoms with Crippen molar-refractivity contribution in [2.45, 2.75) is 47.5 Å². The van der Waals surface area contributed by atoms with Crippen LogP contribution in [-0.4, -0.2) is 30.7 Å². The monoisotopic (exact) mass is 203 g/mol. The van der Waals surface area contributed by atoms with Crippen molar-refractivity contribution in [3.8, 4) is 0 Å². The SMILES string of the molecule is CC.CCCN(CCC)C(=O)OCC. The van der Waals surface area contributed by atoms with Crippen LogP contribution in [0.1, 0.15) is 47.5 Å². The number of ether oxygens (including phenoxy) is 1. The predicted octanol–water partition coefficient (Wildman–Crippen LogP) is 3.29. The molecule has 0 spiro atoms. The van der Waals surface area contributed by atoms with E-state index < -0.39 is 0 Å². The molecule has 3 heteroatoms. The molecule has 0 N–H and O–H groups in total. The summed E-state index contributed by atoms with van der Waals surface area (Å²) in [5.74, 6) is 0. The standard InChI is InChI=1S/C9H19NO2.C2H6/c1-4-7-10(8-5-2)9(11)12-6-3;1-2/h4-8H2,1-3H3;1-2H3. The lowest BCUT2D eigenvalue weighted by atomic mass is 10.4. The number of amides is 1. The topological polar surface area (TPSA) is 29.5 Å². The zero-order chi connectivity index (χ0) is 11.4. The Morgan fingerprint density at radius 2 is 1.50 bits per heavy atom. The summed E-state index contributed by atoms with van der Waals surface area (Å²) in [6.45, 7) is 12.0. The largest absolute Gasteiger partial charge is 0.450 e. The quantitative estimate of drug-likeness (QED) is 0.686. The number of nitrogens with zero attached hydrogens (tertiary/aromatic N) is 1. The summed E-state index contributed by atoms with van der Waals surface area (Å²) < 4.78 is 4.90. The van der Waals surface area contributed by atoms with Crippen molar-refractivity contribution in [2.75, 3.05) is 19.7 Å². The van der Waals surface area contributed by atoms with Gasteiger partial charge in [-0.25, -0.2) is 4.79 Å². The molecule has 14 heavy (non-hydrogen) atoms. The second-order valence-corrected chi connectivity index (χ2v) is 2.69. The third kappa shape index (κ3) is 7.90. The van der Waals surface area contributed by atoms with Gasteiger partial charge in [-0.1, -0.05) is 27.7 Å². The van der Waals surface area contributed by atoms with Crippen LogP contribution in [0, 0.1) is 0 Å². The molecule has 0 saturated heterocycles. The summed E-state index contributed by atoms with van der Waals surface area (Å²) in [6, 6.07) is 0. The van der Waals surface area contributed by atoms with Gasteiger partial charge in [0.2, 0.25) is 0 Å². The van der Waals surface area contributed by atoms with Crippen LogP contribution in [0.3, 0.4) is 0 Å². The number of carbonyl (C=O) groups is 1. The summed E-state index contributed by atoms with van der Waals surface area (Å²) in [5.41, 5.74) is 0. The molecule has 86 valence electrons. The van der Waals surface area contributed by atoms with Gasteiger partial charge in [-0.05, 0) is 19.8 Å². The molecule has 0 unspecified atom stereocenters. The molecule has 0 aromatic heterocycles. The Morgan fingerprint density at radius 1 is 1.07 bits per heavy atom. The number of hydrogen-bond donors (Lipinski definition) is 0. The first-order chi connectivity index (χ1) is 6.76. The van der Waals surface area contributed by atoms with Gasteiger partial charge < -0.3 is 9.64 Å². The Balaban J connectivity index is 0. The smallest absolute Gasteiger partial charge is 0.409 e. The van der Waals surface area contributed by atoms with Crippen LogP contribution in [0.25, 0.3) is 0 Å². The number of hydrogen-bond acceptors (Lipinski definition) is 2. The normalized spacial score (nSPS) is 8.64. The lowest BCUT2D eigenvalue weighted by molar-refractivity contribution is 0.107. The molecule has 0 aromatic rings. The highest BCUT2D eigenvalue weighted by Gasteiger charge is 2.11. The third-order valence-corrected chi connectivity index (χ3v) is 1.51. The fraction of sp³-hybridized carbons (Fsp3) is 0.909. The lowest BCUT2D eigenvalue weighted by Gasteiger charge is -2.19. The molecule has 0 aliphatic rings. The minimum Gasteiger partial charge on any atom is -0.450 e. The van der Waals surface area contributed by atoms with Gasteiger partial charge in [0.25, 0.3) is 0 Å². The van der Waals surface area contributed by atoms with E-state index in [0.29, 0.717) is 6.61 Å². The molecule has 0 saturated carbocycles. The van der Waals surface area contributed by atoms with Crippen molar-refractivity contribution in [1.82, 2.24) is 4.90 Å². The van der Waals surface area contributed by atoms with Gasteiger partial charge >= 0.3 is 6.09 Å². The first kappa shape index (κ1) is 15.7. The molecule has 0 aliphatic carbocycles. The minimum atomic E-state index is -0.179. The van der Waals surface area contributed by atoms with Crippen molar-refractivity contribution < 1.29 is 9.53 Å². The van der Waals surface area contributed by atoms with Gasteiger partial charge in [0.1, 0.15) is 0 Å². The summed E-state index contributed by atoms with van der Waals surface area (Å²) in [6.07, 6.45) is 1.79. The first-order valence-electron chi connectivity index (χ1n) is 5.67. The molecule has 0 atom stereocenters. The molecule has 0 aromatic carbocycles. The van der Waals surface area contributed by atoms with Crippen LogP contribution >= 0.6 is 0 Å². The van der Waals surface area contributed by atoms with Crippen molar-refractivity contribution >= 4 is 6.09 Å². The molecule has 0 fully saturated rings. The zero-order valence-electron chi connectivity index (χ0n) is 10.3. The highest BCUT2D eigenvalue weighted by atomic mass is 16.6. The summed E-state index contributed by atoms with van der Waals surface area (Å²) in [4.78, 5) is 13.0. The maximum atomic E-state index is 11.2. The van der Waals surface area contributed by atoms with E-state index in [2.05, 4.69) is 13.8 Å². The third-order valence-electron chi connectivity index (χ3n) is 1.51. The Kier molecular flexibility index (Phi) is 13.8. The van der Waals surface area contributed by atoms with E-state index >= 15 is 0 Å². The Hall–Kier alpha value is -0.730. The van der Waals surface area contributed by atoms with Crippen LogP contribution in [0.4, 0.5) is 4.79 Å². The Bertz CT molecular complexity index is 120. The average Bonchev–Trinajstić information content (AvgIpc) is 2.21. The molecule has 3 nitrogen and oxygen atoms in total. The summed E-state index contributed by atoms with van der Waals surface area (Å²) in [5, 5.41) is 0. The van der Waals surface area contributed by atoms with Crippen LogP contribution in [0.15, 0.2) is 0 Å². The summed E-state index contributed by atoms with van der Waals surface area (Å²) in [7, 11) is 0. The molecule has 1 amide bonds. The van der Waals surface area contributed by atoms with Crippen LogP contribution in [0.5, 0.6) is 0 Å². The zero-order valence-corrected chi connectivity index (χ0v) is 10.3. The fourth-order valence-electron chi connectivity index (χ4n) is 1.05. The van der Waals surface area contributed by atoms with E-state index in [-0.39, 0.29) is 6.09 Å². The summed E-state index contributed by atoms with van der Waals surface area (Å²) >= 11 is 0. The van der Waals surface area contributed by atoms with E-state index in [1.165, 1.54) is 0 Å². The van der Waals surface area contributed by atoms with E-state index in [0.717, 1.165) is 25.9 Å². The van der Waals surface area contributed by atoms with Gasteiger partial charge in [-0.2, -0.15) is 0 Å². The molecule has 0 bridgehead atoms. The number of carbonyl (C=O) groups excluding carboxylic acids is 1. The van der Waals surface area contributed by atoms with Gasteiger partial charge in [-0.15, -0.1) is 0 Å². The molecular formula is C11H25NO2. The maximum absolute atomic E-state index is 11.2. The highest BCUT2D eigenvalue weighted by molar-refractivity contribution is 5.67. The van der Waals surface area contributed by atoms with Gasteiger partial charge in [0, 0.05) is 13.1 Å². The van der Waals surface area contributed by atoms with Crippen molar-refractivity contribution in [2.24, 2.45) is 0 Å². The van der Waals surface area contributed by atoms with Gasteiger partial charge in [0.05, 0.1) is 6.61 Å². The van der Waals surface area contributed by atoms with E-state index in [4.69, 9.17) is 4.74 Å². The molecule has 0 rings (SSSR count). The van der Waals surface area contributed by atoms with Gasteiger partial charge in [-0.3, -0.25) is 0 Å². The number of rotatable bonds is 5. The van der Waals surface area contributed by atoms with E-state index in [9.17, 15) is 4.79 Å². The molecule has 0 aliphatic heterocycles. The van der Waals surface area contributed by atoms with Crippen LogP contribution in [0.2, 0.25) is 0 Å². The minimum absolute atomic E-state index is 0.179. The second kappa shape index (κ2) is 12.3. The fourth-order valence-corrected chi connectivity index (χ4v) is 1.05. The van der Waals surface area contributed by atoms with Crippen LogP contribution < -0.4 is 0 Å². The van der Waals surface area contributed by atoms with E-state index in [1.807, 2.05) is 20.8 Å². The van der Waals surface area contributed by atoms with Crippen molar-refractivity contribution in [1.29, 1.82) is 0 Å². The Labute approximate surface area is 88.4 Å². The predicted molar refractivity (Wildman–Crippen MR) is 60.5 cm³/mol. The first-order valence-corrected chi connectivity index (χ1v) is 5.67.